The molecule has 15 rings (SSSR count). The van der Waals surface area contributed by atoms with Crippen LogP contribution in [0, 0.1) is 13.8 Å². The highest BCUT2D eigenvalue weighted by Gasteiger charge is 2.46. The van der Waals surface area contributed by atoms with E-state index in [0.717, 1.165) is 55.7 Å². The van der Waals surface area contributed by atoms with Crippen molar-refractivity contribution in [1.29, 1.82) is 0 Å². The van der Waals surface area contributed by atoms with Gasteiger partial charge in [-0.3, -0.25) is 0 Å². The van der Waals surface area contributed by atoms with Gasteiger partial charge in [0.15, 0.2) is 0 Å². The zero-order valence-corrected chi connectivity index (χ0v) is 45.1. The van der Waals surface area contributed by atoms with Crippen molar-refractivity contribution in [2.24, 2.45) is 0 Å². The van der Waals surface area contributed by atoms with Crippen molar-refractivity contribution in [3.63, 3.8) is 0 Å². The number of fused-ring (bicyclic) bond motifs is 7. The maximum Gasteiger partial charge on any atom is 0.136 e. The van der Waals surface area contributed by atoms with Crippen LogP contribution in [0.25, 0.3) is 99.5 Å². The van der Waals surface area contributed by atoms with Crippen LogP contribution in [0.2, 0.25) is 0 Å². The van der Waals surface area contributed by atoms with Gasteiger partial charge in [0.1, 0.15) is 11.2 Å². The molecule has 13 aromatic carbocycles. The SMILES string of the molecule is Cc1ccccc1-c1c(C)ccc(-c2ccc3oc4ccccc4c3c2-c2ccc(N(c3ccc(-c4ccccc4)cc3)c3ccc4c(c3)C(c3ccccc3)(c3ccccc3)c3ccccc3-4)cc2)c1-c1cccc2ccccc12. The second kappa shape index (κ2) is 19.6. The van der Waals surface area contributed by atoms with Gasteiger partial charge in [0, 0.05) is 33.4 Å². The standard InChI is InChI=1S/C79H55NO/c1-52-21-12-14-30-63(52)75-53(2)37-47-69(77(75)67-34-20-25-56-24-13-15-31-64(56)67)68-49-50-74-78(70-33-17-19-36-73(70)81-74)76(68)57-40-44-61(45-41-57)80(60-42-38-55(39-43-60)54-22-6-3-7-23-54)62-46-48-66-65-32-16-18-35-71(65)79(72(66)51-62,58-26-8-4-9-27-58)59-28-10-5-11-29-59/h3-51H,1-2H3. The summed E-state index contributed by atoms with van der Waals surface area (Å²) < 4.78 is 6.76. The van der Waals surface area contributed by atoms with Crippen LogP contribution in [0.4, 0.5) is 17.1 Å². The molecule has 1 heterocycles. The molecule has 14 aromatic rings. The zero-order valence-electron chi connectivity index (χ0n) is 45.1. The molecule has 0 fully saturated rings. The van der Waals surface area contributed by atoms with E-state index in [1.54, 1.807) is 0 Å². The molecule has 1 aliphatic rings. The van der Waals surface area contributed by atoms with E-state index in [2.05, 4.69) is 316 Å². The van der Waals surface area contributed by atoms with E-state index >= 15 is 0 Å². The van der Waals surface area contributed by atoms with Crippen LogP contribution < -0.4 is 4.90 Å². The molecule has 0 unspecified atom stereocenters. The predicted molar refractivity (Wildman–Crippen MR) is 340 cm³/mol. The molecule has 0 aliphatic heterocycles. The van der Waals surface area contributed by atoms with Gasteiger partial charge in [0.05, 0.1) is 5.41 Å². The van der Waals surface area contributed by atoms with E-state index in [-0.39, 0.29) is 0 Å². The molecule has 0 N–H and O–H groups in total. The fourth-order valence-electron chi connectivity index (χ4n) is 13.4. The Hall–Kier alpha value is -10.3. The number of furan rings is 1. The van der Waals surface area contributed by atoms with Crippen molar-refractivity contribution < 1.29 is 4.42 Å². The quantitative estimate of drug-likeness (QED) is 0.136. The molecule has 81 heavy (non-hydrogen) atoms. The maximum absolute atomic E-state index is 6.76. The van der Waals surface area contributed by atoms with Crippen LogP contribution in [0.1, 0.15) is 33.4 Å². The number of aryl methyl sites for hydroxylation is 2. The lowest BCUT2D eigenvalue weighted by atomic mass is 9.67. The number of benzene rings is 13. The number of hydrogen-bond acceptors (Lipinski definition) is 2. The van der Waals surface area contributed by atoms with Gasteiger partial charge in [-0.1, -0.05) is 243 Å². The normalized spacial score (nSPS) is 12.4. The minimum absolute atomic E-state index is 0.556. The van der Waals surface area contributed by atoms with Crippen LogP contribution in [0.3, 0.4) is 0 Å². The Balaban J connectivity index is 0.961. The molecular formula is C79H55NO. The van der Waals surface area contributed by atoms with Crippen LogP contribution in [0.5, 0.6) is 0 Å². The van der Waals surface area contributed by atoms with E-state index in [1.807, 2.05) is 0 Å². The lowest BCUT2D eigenvalue weighted by molar-refractivity contribution is 0.669. The van der Waals surface area contributed by atoms with Crippen LogP contribution in [0.15, 0.2) is 302 Å². The predicted octanol–water partition coefficient (Wildman–Crippen LogP) is 21.5. The molecule has 1 aromatic heterocycles. The number of para-hydroxylation sites is 1. The average molecular weight is 1030 g/mol. The highest BCUT2D eigenvalue weighted by molar-refractivity contribution is 6.18. The Labute approximate surface area is 473 Å². The van der Waals surface area contributed by atoms with E-state index < -0.39 is 5.41 Å². The first-order chi connectivity index (χ1) is 40.0. The summed E-state index contributed by atoms with van der Waals surface area (Å²) in [6.45, 7) is 4.49. The second-order valence-corrected chi connectivity index (χ2v) is 21.5. The van der Waals surface area contributed by atoms with Gasteiger partial charge < -0.3 is 9.32 Å². The summed E-state index contributed by atoms with van der Waals surface area (Å²) >= 11 is 0. The van der Waals surface area contributed by atoms with E-state index in [4.69, 9.17) is 4.42 Å². The number of nitrogens with zero attached hydrogens (tertiary/aromatic N) is 1. The first-order valence-electron chi connectivity index (χ1n) is 28.1. The van der Waals surface area contributed by atoms with Crippen molar-refractivity contribution in [1.82, 2.24) is 0 Å². The van der Waals surface area contributed by atoms with E-state index in [0.29, 0.717) is 0 Å². The summed E-state index contributed by atoms with van der Waals surface area (Å²) in [4.78, 5) is 2.43. The maximum atomic E-state index is 6.76. The molecule has 0 amide bonds. The Morgan fingerprint density at radius 3 is 1.54 bits per heavy atom. The minimum atomic E-state index is -0.556. The summed E-state index contributed by atoms with van der Waals surface area (Å²) in [5, 5.41) is 4.62. The molecule has 0 saturated heterocycles. The Morgan fingerprint density at radius 2 is 0.815 bits per heavy atom. The Kier molecular flexibility index (Phi) is 11.6. The number of hydrogen-bond donors (Lipinski definition) is 0. The average Bonchev–Trinajstić information content (AvgIpc) is 2.69. The van der Waals surface area contributed by atoms with Crippen molar-refractivity contribution in [2.45, 2.75) is 19.3 Å². The van der Waals surface area contributed by atoms with Gasteiger partial charge in [-0.05, 0) is 174 Å². The van der Waals surface area contributed by atoms with Crippen LogP contribution in [-0.4, -0.2) is 0 Å². The van der Waals surface area contributed by atoms with Crippen molar-refractivity contribution >= 4 is 49.8 Å². The molecule has 382 valence electrons. The van der Waals surface area contributed by atoms with Gasteiger partial charge in [0.25, 0.3) is 0 Å². The topological polar surface area (TPSA) is 16.4 Å². The van der Waals surface area contributed by atoms with Crippen LogP contribution >= 0.6 is 0 Å². The molecule has 2 nitrogen and oxygen atoms in total. The fraction of sp³-hybridized carbons (Fsp3) is 0.0380. The Bertz CT molecular complexity index is 4640. The fourth-order valence-corrected chi connectivity index (χ4v) is 13.4. The van der Waals surface area contributed by atoms with Gasteiger partial charge in [-0.25, -0.2) is 0 Å². The highest BCUT2D eigenvalue weighted by Crippen LogP contribution is 2.58. The number of anilines is 3. The van der Waals surface area contributed by atoms with E-state index in [9.17, 15) is 0 Å². The molecule has 0 saturated carbocycles. The minimum Gasteiger partial charge on any atom is -0.456 e. The second-order valence-electron chi connectivity index (χ2n) is 21.5. The first kappa shape index (κ1) is 47.9. The zero-order chi connectivity index (χ0) is 54.0. The third kappa shape index (κ3) is 7.78. The van der Waals surface area contributed by atoms with Gasteiger partial charge in [0.2, 0.25) is 0 Å². The van der Waals surface area contributed by atoms with Crippen molar-refractivity contribution in [2.75, 3.05) is 4.90 Å². The molecule has 2 heteroatoms. The summed E-state index contributed by atoms with van der Waals surface area (Å²) in [5.74, 6) is 0. The lowest BCUT2D eigenvalue weighted by Gasteiger charge is -2.35. The van der Waals surface area contributed by atoms with Crippen LogP contribution in [-0.2, 0) is 5.41 Å². The van der Waals surface area contributed by atoms with Crippen molar-refractivity contribution in [3.8, 4) is 66.8 Å². The summed E-state index contributed by atoms with van der Waals surface area (Å²) in [7, 11) is 0. The van der Waals surface area contributed by atoms with Gasteiger partial charge in [-0.2, -0.15) is 0 Å². The first-order valence-corrected chi connectivity index (χ1v) is 28.1. The number of rotatable bonds is 10. The third-order valence-electron chi connectivity index (χ3n) is 17.1. The van der Waals surface area contributed by atoms with E-state index in [1.165, 1.54) is 94.2 Å². The third-order valence-corrected chi connectivity index (χ3v) is 17.1. The van der Waals surface area contributed by atoms with Crippen molar-refractivity contribution in [3.05, 3.63) is 331 Å². The molecule has 1 aliphatic carbocycles. The molecule has 0 atom stereocenters. The monoisotopic (exact) mass is 1030 g/mol. The molecular weight excluding hydrogens is 979 g/mol. The molecule has 0 spiro atoms. The lowest BCUT2D eigenvalue weighted by Crippen LogP contribution is -2.28. The molecule has 0 radical (unpaired) electrons. The summed E-state index contributed by atoms with van der Waals surface area (Å²) in [5.41, 5.74) is 26.2. The summed E-state index contributed by atoms with van der Waals surface area (Å²) in [6, 6.07) is 109. The molecule has 0 bridgehead atoms. The smallest absolute Gasteiger partial charge is 0.136 e. The Morgan fingerprint density at radius 1 is 0.296 bits per heavy atom. The van der Waals surface area contributed by atoms with Gasteiger partial charge in [-0.15, -0.1) is 0 Å². The van der Waals surface area contributed by atoms with Gasteiger partial charge >= 0.3 is 0 Å². The largest absolute Gasteiger partial charge is 0.456 e. The highest BCUT2D eigenvalue weighted by atomic mass is 16.3. The summed E-state index contributed by atoms with van der Waals surface area (Å²) in [6.07, 6.45) is 0.